The molecule has 0 bridgehead atoms. The quantitative estimate of drug-likeness (QED) is 0.623. The molecule has 6 nitrogen and oxygen atoms in total. The molecule has 7 heteroatoms. The molecule has 1 aromatic heterocycles. The highest BCUT2D eigenvalue weighted by Gasteiger charge is 2.12. The predicted octanol–water partition coefficient (Wildman–Crippen LogP) is 2.03. The van der Waals surface area contributed by atoms with Crippen LogP contribution >= 0.6 is 22.6 Å². The molecule has 0 atom stereocenters. The molecule has 0 fully saturated rings. The van der Waals surface area contributed by atoms with Crippen LogP contribution in [0.1, 0.15) is 5.56 Å². The monoisotopic (exact) mass is 382 g/mol. The Balaban J connectivity index is 2.43. The maximum absolute atomic E-state index is 5.72. The minimum absolute atomic E-state index is 0.0799. The number of rotatable bonds is 3. The molecule has 0 saturated heterocycles. The summed E-state index contributed by atoms with van der Waals surface area (Å²) in [5, 5.41) is 0. The van der Waals surface area contributed by atoms with Gasteiger partial charge in [0.05, 0.1) is 22.4 Å². The van der Waals surface area contributed by atoms with Crippen molar-refractivity contribution in [3.8, 4) is 29.6 Å². The van der Waals surface area contributed by atoms with Crippen molar-refractivity contribution in [3.63, 3.8) is 0 Å². The molecule has 102 valence electrons. The topological polar surface area (TPSA) is 96.3 Å². The van der Waals surface area contributed by atoms with Gasteiger partial charge in [0, 0.05) is 6.07 Å². The van der Waals surface area contributed by atoms with E-state index in [1.807, 2.05) is 0 Å². The fourth-order valence-corrected chi connectivity index (χ4v) is 2.14. The van der Waals surface area contributed by atoms with E-state index in [4.69, 9.17) is 27.4 Å². The largest absolute Gasteiger partial charge is 0.496 e. The number of halogens is 1. The van der Waals surface area contributed by atoms with Crippen molar-refractivity contribution >= 4 is 34.4 Å². The second-order valence-electron chi connectivity index (χ2n) is 3.71. The van der Waals surface area contributed by atoms with E-state index < -0.39 is 0 Å². The van der Waals surface area contributed by atoms with E-state index in [0.29, 0.717) is 17.1 Å². The minimum Gasteiger partial charge on any atom is -0.496 e. The molecular formula is C13H11IN4O2. The van der Waals surface area contributed by atoms with Crippen molar-refractivity contribution in [2.75, 3.05) is 18.6 Å². The molecule has 1 heterocycles. The molecule has 0 radical (unpaired) electrons. The summed E-state index contributed by atoms with van der Waals surface area (Å²) in [6.07, 6.45) is 6.87. The van der Waals surface area contributed by atoms with Gasteiger partial charge in [-0.25, -0.2) is 4.98 Å². The van der Waals surface area contributed by atoms with E-state index in [-0.39, 0.29) is 17.5 Å². The summed E-state index contributed by atoms with van der Waals surface area (Å²) in [5.74, 6) is 4.19. The van der Waals surface area contributed by atoms with Crippen LogP contribution in [-0.2, 0) is 0 Å². The Bertz CT molecular complexity index is 698. The van der Waals surface area contributed by atoms with Gasteiger partial charge < -0.3 is 20.9 Å². The molecule has 2 rings (SSSR count). The summed E-state index contributed by atoms with van der Waals surface area (Å²) in [5.41, 5.74) is 11.7. The third kappa shape index (κ3) is 2.85. The summed E-state index contributed by atoms with van der Waals surface area (Å²) in [7, 11) is 1.57. The van der Waals surface area contributed by atoms with Gasteiger partial charge >= 0.3 is 0 Å². The molecular weight excluding hydrogens is 371 g/mol. The average molecular weight is 382 g/mol. The number of nitrogen functional groups attached to an aromatic ring is 2. The third-order valence-corrected chi connectivity index (χ3v) is 3.27. The lowest BCUT2D eigenvalue weighted by Crippen LogP contribution is -2.02. The zero-order valence-corrected chi connectivity index (χ0v) is 12.7. The first-order valence-corrected chi connectivity index (χ1v) is 6.53. The smallest absolute Gasteiger partial charge is 0.222 e. The number of nitrogens with zero attached hydrogens (tertiary/aromatic N) is 2. The van der Waals surface area contributed by atoms with Crippen molar-refractivity contribution in [1.82, 2.24) is 9.97 Å². The van der Waals surface area contributed by atoms with Crippen LogP contribution in [0.5, 0.6) is 17.2 Å². The Morgan fingerprint density at radius 2 is 2.00 bits per heavy atom. The minimum atomic E-state index is 0.0799. The SMILES string of the molecule is C#Cc1cc(OC)c(I)cc1Oc1cnc(N)nc1N. The van der Waals surface area contributed by atoms with Crippen molar-refractivity contribution in [1.29, 1.82) is 0 Å². The summed E-state index contributed by atoms with van der Waals surface area (Å²) >= 11 is 2.12. The second-order valence-corrected chi connectivity index (χ2v) is 4.87. The fourth-order valence-electron chi connectivity index (χ4n) is 1.48. The molecule has 2 aromatic rings. The van der Waals surface area contributed by atoms with Gasteiger partial charge in [-0.3, -0.25) is 0 Å². The Hall–Kier alpha value is -2.21. The Kier molecular flexibility index (Phi) is 4.14. The number of aromatic nitrogens is 2. The highest BCUT2D eigenvalue weighted by Crippen LogP contribution is 2.33. The lowest BCUT2D eigenvalue weighted by Gasteiger charge is -2.12. The van der Waals surface area contributed by atoms with Gasteiger partial charge in [-0.15, -0.1) is 6.42 Å². The van der Waals surface area contributed by atoms with Gasteiger partial charge in [0.1, 0.15) is 11.5 Å². The van der Waals surface area contributed by atoms with Crippen LogP contribution < -0.4 is 20.9 Å². The summed E-state index contributed by atoms with van der Waals surface area (Å²) in [6, 6.07) is 3.47. The number of hydrogen-bond acceptors (Lipinski definition) is 6. The number of anilines is 2. The Labute approximate surface area is 129 Å². The second kappa shape index (κ2) is 5.83. The lowest BCUT2D eigenvalue weighted by atomic mass is 10.2. The molecule has 20 heavy (non-hydrogen) atoms. The van der Waals surface area contributed by atoms with Gasteiger partial charge in [0.15, 0.2) is 11.6 Å². The number of ether oxygens (including phenoxy) is 2. The molecule has 0 aliphatic rings. The van der Waals surface area contributed by atoms with Gasteiger partial charge in [0.25, 0.3) is 0 Å². The highest BCUT2D eigenvalue weighted by atomic mass is 127. The Morgan fingerprint density at radius 3 is 2.60 bits per heavy atom. The number of hydrogen-bond donors (Lipinski definition) is 2. The molecule has 1 aromatic carbocycles. The summed E-state index contributed by atoms with van der Waals surface area (Å²) < 4.78 is 11.7. The zero-order chi connectivity index (χ0) is 14.7. The standard InChI is InChI=1S/C13H11IN4O2/c1-3-7-4-10(19-2)8(14)5-9(7)20-11-6-17-13(16)18-12(11)15/h1,4-6H,2H3,(H4,15,16,17,18). The van der Waals surface area contributed by atoms with Crippen molar-refractivity contribution in [2.24, 2.45) is 0 Å². The molecule has 0 aliphatic heterocycles. The first-order valence-electron chi connectivity index (χ1n) is 5.45. The first-order chi connectivity index (χ1) is 9.55. The van der Waals surface area contributed by atoms with Gasteiger partial charge in [-0.2, -0.15) is 4.98 Å². The zero-order valence-electron chi connectivity index (χ0n) is 10.6. The van der Waals surface area contributed by atoms with Crippen LogP contribution in [0.25, 0.3) is 0 Å². The lowest BCUT2D eigenvalue weighted by molar-refractivity contribution is 0.409. The van der Waals surface area contributed by atoms with E-state index >= 15 is 0 Å². The van der Waals surface area contributed by atoms with Crippen LogP contribution in [0, 0.1) is 15.9 Å². The maximum Gasteiger partial charge on any atom is 0.222 e. The van der Waals surface area contributed by atoms with Crippen molar-refractivity contribution < 1.29 is 9.47 Å². The van der Waals surface area contributed by atoms with Crippen LogP contribution in [-0.4, -0.2) is 17.1 Å². The van der Waals surface area contributed by atoms with Gasteiger partial charge in [-0.1, -0.05) is 5.92 Å². The van der Waals surface area contributed by atoms with Crippen LogP contribution in [0.3, 0.4) is 0 Å². The molecule has 0 spiro atoms. The maximum atomic E-state index is 5.72. The van der Waals surface area contributed by atoms with Crippen molar-refractivity contribution in [3.05, 3.63) is 27.5 Å². The number of methoxy groups -OCH3 is 1. The fraction of sp³-hybridized carbons (Fsp3) is 0.0769. The first kappa shape index (κ1) is 14.2. The summed E-state index contributed by atoms with van der Waals surface area (Å²) in [6.45, 7) is 0. The normalized spacial score (nSPS) is 9.85. The van der Waals surface area contributed by atoms with Gasteiger partial charge in [-0.05, 0) is 28.7 Å². The van der Waals surface area contributed by atoms with E-state index in [2.05, 4.69) is 38.5 Å². The highest BCUT2D eigenvalue weighted by molar-refractivity contribution is 14.1. The predicted molar refractivity (Wildman–Crippen MR) is 84.6 cm³/mol. The van der Waals surface area contributed by atoms with Gasteiger partial charge in [0.2, 0.25) is 5.95 Å². The van der Waals surface area contributed by atoms with Crippen LogP contribution in [0.2, 0.25) is 0 Å². The van der Waals surface area contributed by atoms with Crippen LogP contribution in [0.15, 0.2) is 18.3 Å². The molecule has 0 unspecified atom stereocenters. The molecule has 0 saturated carbocycles. The number of nitrogens with two attached hydrogens (primary N) is 2. The summed E-state index contributed by atoms with van der Waals surface area (Å²) in [4.78, 5) is 7.65. The van der Waals surface area contributed by atoms with Crippen molar-refractivity contribution in [2.45, 2.75) is 0 Å². The Morgan fingerprint density at radius 1 is 1.25 bits per heavy atom. The number of benzene rings is 1. The van der Waals surface area contributed by atoms with E-state index in [1.165, 1.54) is 6.20 Å². The molecule has 0 amide bonds. The molecule has 0 aliphatic carbocycles. The average Bonchev–Trinajstić information content (AvgIpc) is 2.42. The molecule has 4 N–H and O–H groups in total. The van der Waals surface area contributed by atoms with E-state index in [9.17, 15) is 0 Å². The van der Waals surface area contributed by atoms with E-state index in [0.717, 1.165) is 3.57 Å². The van der Waals surface area contributed by atoms with Crippen LogP contribution in [0.4, 0.5) is 11.8 Å². The number of terminal acetylenes is 1. The van der Waals surface area contributed by atoms with E-state index in [1.54, 1.807) is 19.2 Å². The third-order valence-electron chi connectivity index (χ3n) is 2.43.